The average Bonchev–Trinajstić information content (AvgIpc) is 3.00. The van der Waals surface area contributed by atoms with Crippen molar-refractivity contribution < 1.29 is 27.4 Å². The molecule has 0 spiro atoms. The van der Waals surface area contributed by atoms with Crippen LogP contribution in [0.3, 0.4) is 0 Å². The highest BCUT2D eigenvalue weighted by Gasteiger charge is 2.33. The molecule has 2 aliphatic rings. The smallest absolute Gasteiger partial charge is 0.309 e. The summed E-state index contributed by atoms with van der Waals surface area (Å²) in [7, 11) is -3.36. The first-order chi connectivity index (χ1) is 13.7. The van der Waals surface area contributed by atoms with E-state index in [1.807, 2.05) is 32.0 Å². The lowest BCUT2D eigenvalue weighted by molar-refractivity contribution is -0.149. The molecule has 1 aromatic rings. The summed E-state index contributed by atoms with van der Waals surface area (Å²) in [4.78, 5) is 11.8. The highest BCUT2D eigenvalue weighted by Crippen LogP contribution is 2.41. The van der Waals surface area contributed by atoms with E-state index >= 15 is 0 Å². The van der Waals surface area contributed by atoms with Crippen LogP contribution in [0.4, 0.5) is 0 Å². The Morgan fingerprint density at radius 3 is 2.69 bits per heavy atom. The first kappa shape index (κ1) is 21.9. The zero-order chi connectivity index (χ0) is 21.1. The summed E-state index contributed by atoms with van der Waals surface area (Å²) in [6.07, 6.45) is 2.25. The molecular weight excluding hydrogens is 394 g/mol. The second-order valence-corrected chi connectivity index (χ2v) is 10.3. The molecule has 2 heterocycles. The number of hydrogen-bond acceptors (Lipinski definition) is 6. The molecule has 0 aromatic heterocycles. The molecule has 29 heavy (non-hydrogen) atoms. The first-order valence-electron chi connectivity index (χ1n) is 10.3. The van der Waals surface area contributed by atoms with E-state index in [-0.39, 0.29) is 23.2 Å². The van der Waals surface area contributed by atoms with Gasteiger partial charge in [-0.2, -0.15) is 0 Å². The number of fused-ring (bicyclic) bond motifs is 1. The standard InChI is InChI=1S/C21H31NO6S/c1-4-26-20(23)16-9-11-22(12-10-16)29(24,25)14-6-13-27-18-8-5-7-17-15-21(2,3)28-19(17)18/h5,7-8,16H,4,6,9-15H2,1-3H3. The Labute approximate surface area is 173 Å². The summed E-state index contributed by atoms with van der Waals surface area (Å²) in [5.74, 6) is 1.04. The van der Waals surface area contributed by atoms with E-state index in [1.54, 1.807) is 6.92 Å². The Hall–Kier alpha value is -1.80. The van der Waals surface area contributed by atoms with E-state index in [9.17, 15) is 13.2 Å². The zero-order valence-corrected chi connectivity index (χ0v) is 18.3. The van der Waals surface area contributed by atoms with E-state index in [4.69, 9.17) is 14.2 Å². The highest BCUT2D eigenvalue weighted by atomic mass is 32.2. The van der Waals surface area contributed by atoms with Crippen molar-refractivity contribution in [2.24, 2.45) is 5.92 Å². The molecule has 0 aliphatic carbocycles. The van der Waals surface area contributed by atoms with E-state index in [1.165, 1.54) is 4.31 Å². The second-order valence-electron chi connectivity index (χ2n) is 8.23. The monoisotopic (exact) mass is 425 g/mol. The van der Waals surface area contributed by atoms with Crippen LogP contribution in [0.1, 0.15) is 45.6 Å². The van der Waals surface area contributed by atoms with E-state index < -0.39 is 10.0 Å². The van der Waals surface area contributed by atoms with Crippen LogP contribution in [0, 0.1) is 5.92 Å². The molecular formula is C21H31NO6S. The molecule has 3 rings (SSSR count). The molecule has 0 amide bonds. The van der Waals surface area contributed by atoms with Crippen LogP contribution in [0.25, 0.3) is 0 Å². The van der Waals surface area contributed by atoms with Crippen molar-refractivity contribution in [3.63, 3.8) is 0 Å². The van der Waals surface area contributed by atoms with Gasteiger partial charge in [0.1, 0.15) is 5.60 Å². The fourth-order valence-electron chi connectivity index (χ4n) is 3.88. The number of sulfonamides is 1. The maximum Gasteiger partial charge on any atom is 0.309 e. The quantitative estimate of drug-likeness (QED) is 0.471. The van der Waals surface area contributed by atoms with E-state index in [0.29, 0.717) is 51.3 Å². The van der Waals surface area contributed by atoms with Crippen molar-refractivity contribution in [2.75, 3.05) is 32.1 Å². The Balaban J connectivity index is 1.46. The maximum absolute atomic E-state index is 12.6. The van der Waals surface area contributed by atoms with Crippen molar-refractivity contribution in [3.05, 3.63) is 23.8 Å². The van der Waals surface area contributed by atoms with Gasteiger partial charge in [0.15, 0.2) is 11.5 Å². The number of piperidine rings is 1. The van der Waals surface area contributed by atoms with Gasteiger partial charge in [-0.1, -0.05) is 12.1 Å². The van der Waals surface area contributed by atoms with Crippen LogP contribution >= 0.6 is 0 Å². The molecule has 0 radical (unpaired) electrons. The van der Waals surface area contributed by atoms with Gasteiger partial charge in [0, 0.05) is 25.1 Å². The van der Waals surface area contributed by atoms with Gasteiger partial charge in [-0.15, -0.1) is 0 Å². The highest BCUT2D eigenvalue weighted by molar-refractivity contribution is 7.89. The van der Waals surface area contributed by atoms with Crippen LogP contribution < -0.4 is 9.47 Å². The molecule has 162 valence electrons. The number of benzene rings is 1. The Morgan fingerprint density at radius 1 is 1.28 bits per heavy atom. The van der Waals surface area contributed by atoms with E-state index in [0.717, 1.165) is 17.7 Å². The molecule has 1 aromatic carbocycles. The maximum atomic E-state index is 12.6. The predicted molar refractivity (Wildman–Crippen MR) is 110 cm³/mol. The topological polar surface area (TPSA) is 82.1 Å². The van der Waals surface area contributed by atoms with Crippen molar-refractivity contribution in [3.8, 4) is 11.5 Å². The van der Waals surface area contributed by atoms with Gasteiger partial charge in [-0.3, -0.25) is 4.79 Å². The third-order valence-electron chi connectivity index (χ3n) is 5.33. The van der Waals surface area contributed by atoms with E-state index in [2.05, 4.69) is 0 Å². The average molecular weight is 426 g/mol. The summed E-state index contributed by atoms with van der Waals surface area (Å²) in [6, 6.07) is 5.82. The van der Waals surface area contributed by atoms with Gasteiger partial charge in [-0.25, -0.2) is 12.7 Å². The Kier molecular flexibility index (Phi) is 6.73. The lowest BCUT2D eigenvalue weighted by Gasteiger charge is -2.30. The number of esters is 1. The van der Waals surface area contributed by atoms with Crippen LogP contribution in [-0.2, 0) is 26.0 Å². The largest absolute Gasteiger partial charge is 0.490 e. The van der Waals surface area contributed by atoms with Crippen molar-refractivity contribution >= 4 is 16.0 Å². The minimum absolute atomic E-state index is 0.0262. The molecule has 8 heteroatoms. The zero-order valence-electron chi connectivity index (χ0n) is 17.5. The summed E-state index contributed by atoms with van der Waals surface area (Å²) in [6.45, 7) is 7.23. The lowest BCUT2D eigenvalue weighted by Crippen LogP contribution is -2.41. The summed E-state index contributed by atoms with van der Waals surface area (Å²) >= 11 is 0. The van der Waals surface area contributed by atoms with Crippen molar-refractivity contribution in [1.29, 1.82) is 0 Å². The fraction of sp³-hybridized carbons (Fsp3) is 0.667. The first-order valence-corrected chi connectivity index (χ1v) is 11.9. The molecule has 7 nitrogen and oxygen atoms in total. The van der Waals surface area contributed by atoms with Crippen LogP contribution in [0.15, 0.2) is 18.2 Å². The normalized spacial score (nSPS) is 19.4. The minimum Gasteiger partial charge on any atom is -0.490 e. The number of hydrogen-bond donors (Lipinski definition) is 0. The minimum atomic E-state index is -3.36. The number of carbonyl (C=O) groups excluding carboxylic acids is 1. The van der Waals surface area contributed by atoms with Gasteiger partial charge in [0.05, 0.1) is 24.9 Å². The van der Waals surface area contributed by atoms with Crippen molar-refractivity contribution in [1.82, 2.24) is 4.31 Å². The van der Waals surface area contributed by atoms with Gasteiger partial charge in [0.2, 0.25) is 10.0 Å². The third-order valence-corrected chi connectivity index (χ3v) is 7.28. The molecule has 0 saturated carbocycles. The number of para-hydroxylation sites is 1. The summed E-state index contributed by atoms with van der Waals surface area (Å²) in [5.41, 5.74) is 0.866. The van der Waals surface area contributed by atoms with Crippen molar-refractivity contribution in [2.45, 2.75) is 52.1 Å². The Morgan fingerprint density at radius 2 is 2.00 bits per heavy atom. The second kappa shape index (κ2) is 8.92. The fourth-order valence-corrected chi connectivity index (χ4v) is 5.39. The number of ether oxygens (including phenoxy) is 3. The molecule has 0 unspecified atom stereocenters. The Bertz CT molecular complexity index is 828. The number of nitrogens with zero attached hydrogens (tertiary/aromatic N) is 1. The number of rotatable bonds is 8. The van der Waals surface area contributed by atoms with Gasteiger partial charge in [0.25, 0.3) is 0 Å². The van der Waals surface area contributed by atoms with Crippen LogP contribution in [0.5, 0.6) is 11.5 Å². The molecule has 1 saturated heterocycles. The lowest BCUT2D eigenvalue weighted by atomic mass is 9.98. The summed E-state index contributed by atoms with van der Waals surface area (Å²) in [5, 5.41) is 0. The molecule has 0 bridgehead atoms. The molecule has 1 fully saturated rings. The number of carbonyl (C=O) groups is 1. The van der Waals surface area contributed by atoms with Crippen LogP contribution in [-0.4, -0.2) is 56.3 Å². The van der Waals surface area contributed by atoms with Crippen LogP contribution in [0.2, 0.25) is 0 Å². The molecule has 0 atom stereocenters. The third kappa shape index (κ3) is 5.42. The van der Waals surface area contributed by atoms with Gasteiger partial charge < -0.3 is 14.2 Å². The van der Waals surface area contributed by atoms with Gasteiger partial charge >= 0.3 is 5.97 Å². The predicted octanol–water partition coefficient (Wildman–Crippen LogP) is 2.77. The van der Waals surface area contributed by atoms with Gasteiger partial charge in [-0.05, 0) is 46.1 Å². The molecule has 0 N–H and O–H groups in total. The summed E-state index contributed by atoms with van der Waals surface area (Å²) < 4.78 is 43.5. The SMILES string of the molecule is CCOC(=O)C1CCN(S(=O)(=O)CCCOc2cccc3c2OC(C)(C)C3)CC1. The molecule has 2 aliphatic heterocycles.